The van der Waals surface area contributed by atoms with Crippen LogP contribution in [0.2, 0.25) is 10.0 Å². The van der Waals surface area contributed by atoms with Crippen molar-refractivity contribution in [2.24, 2.45) is 0 Å². The third-order valence-corrected chi connectivity index (χ3v) is 4.37. The summed E-state index contributed by atoms with van der Waals surface area (Å²) in [5.41, 5.74) is 0. The molecule has 0 unspecified atom stereocenters. The van der Waals surface area contributed by atoms with Crippen LogP contribution in [0.3, 0.4) is 0 Å². The van der Waals surface area contributed by atoms with Crippen molar-refractivity contribution in [2.75, 3.05) is 37.6 Å². The highest BCUT2D eigenvalue weighted by Gasteiger charge is 2.21. The molecule has 1 fully saturated rings. The van der Waals surface area contributed by atoms with Gasteiger partial charge in [-0.1, -0.05) is 23.2 Å². The van der Waals surface area contributed by atoms with Crippen molar-refractivity contribution in [3.05, 3.63) is 40.8 Å². The van der Waals surface area contributed by atoms with Gasteiger partial charge in [0.25, 0.3) is 0 Å². The molecule has 1 N–H and O–H groups in total. The fraction of sp³-hybridized carbons (Fsp3) is 0.467. The number of nitrogens with zero attached hydrogens (tertiary/aromatic N) is 5. The lowest BCUT2D eigenvalue weighted by Gasteiger charge is -2.36. The van der Waals surface area contributed by atoms with E-state index < -0.39 is 6.10 Å². The Labute approximate surface area is 145 Å². The molecule has 3 heterocycles. The summed E-state index contributed by atoms with van der Waals surface area (Å²) < 4.78 is 1.75. The molecule has 1 aliphatic heterocycles. The number of piperazine rings is 1. The van der Waals surface area contributed by atoms with Gasteiger partial charge in [0.2, 0.25) is 0 Å². The van der Waals surface area contributed by atoms with E-state index in [1.165, 1.54) is 0 Å². The second-order valence-electron chi connectivity index (χ2n) is 5.63. The minimum Gasteiger partial charge on any atom is -0.390 e. The summed E-state index contributed by atoms with van der Waals surface area (Å²) in [6, 6.07) is 3.57. The summed E-state index contributed by atoms with van der Waals surface area (Å²) in [5, 5.41) is 15.4. The van der Waals surface area contributed by atoms with E-state index in [0.29, 0.717) is 23.1 Å². The number of aliphatic hydroxyl groups excluding tert-OH is 1. The molecule has 1 aliphatic rings. The first kappa shape index (κ1) is 16.5. The second-order valence-corrected chi connectivity index (χ2v) is 6.47. The van der Waals surface area contributed by atoms with Crippen molar-refractivity contribution in [2.45, 2.75) is 12.6 Å². The molecule has 0 saturated carbocycles. The Balaban J connectivity index is 1.50. The Morgan fingerprint density at radius 3 is 2.61 bits per heavy atom. The van der Waals surface area contributed by atoms with Gasteiger partial charge >= 0.3 is 0 Å². The van der Waals surface area contributed by atoms with Crippen LogP contribution in [0, 0.1) is 0 Å². The van der Waals surface area contributed by atoms with Crippen LogP contribution in [-0.2, 0) is 6.54 Å². The number of aliphatic hydroxyl groups is 1. The van der Waals surface area contributed by atoms with E-state index in [9.17, 15) is 5.11 Å². The van der Waals surface area contributed by atoms with Crippen molar-refractivity contribution in [3.8, 4) is 0 Å². The van der Waals surface area contributed by atoms with Gasteiger partial charge in [0.15, 0.2) is 0 Å². The molecule has 2 aromatic heterocycles. The molecule has 6 nitrogen and oxygen atoms in total. The number of β-amino-alcohol motifs (C(OH)–C–C–N with tert-alkyl or cyclic N) is 1. The SMILES string of the molecule is O[C@@H](CN1CCN(c2ncc(Cl)cc2Cl)CC1)Cn1cccn1. The normalized spacial score (nSPS) is 17.4. The van der Waals surface area contributed by atoms with Crippen LogP contribution in [0.15, 0.2) is 30.7 Å². The van der Waals surface area contributed by atoms with Crippen LogP contribution >= 0.6 is 23.2 Å². The zero-order chi connectivity index (χ0) is 16.2. The molecule has 8 heteroatoms. The number of anilines is 1. The number of halogens is 2. The first-order valence-corrected chi connectivity index (χ1v) is 8.31. The predicted molar refractivity (Wildman–Crippen MR) is 91.1 cm³/mol. The fourth-order valence-electron chi connectivity index (χ4n) is 2.76. The third-order valence-electron chi connectivity index (χ3n) is 3.89. The Kier molecular flexibility index (Phi) is 5.38. The Bertz CT molecular complexity index is 629. The van der Waals surface area contributed by atoms with E-state index in [0.717, 1.165) is 32.0 Å². The van der Waals surface area contributed by atoms with E-state index in [4.69, 9.17) is 23.2 Å². The molecule has 0 spiro atoms. The lowest BCUT2D eigenvalue weighted by atomic mass is 10.2. The number of pyridine rings is 1. The van der Waals surface area contributed by atoms with Gasteiger partial charge in [-0.05, 0) is 12.1 Å². The Morgan fingerprint density at radius 2 is 1.96 bits per heavy atom. The number of rotatable bonds is 5. The zero-order valence-corrected chi connectivity index (χ0v) is 14.2. The highest BCUT2D eigenvalue weighted by Crippen LogP contribution is 2.26. The lowest BCUT2D eigenvalue weighted by molar-refractivity contribution is 0.0920. The number of hydrogen-bond acceptors (Lipinski definition) is 5. The van der Waals surface area contributed by atoms with Crippen molar-refractivity contribution >= 4 is 29.0 Å². The zero-order valence-electron chi connectivity index (χ0n) is 12.6. The van der Waals surface area contributed by atoms with Crippen LogP contribution in [-0.4, -0.2) is 63.6 Å². The highest BCUT2D eigenvalue weighted by atomic mass is 35.5. The van der Waals surface area contributed by atoms with E-state index >= 15 is 0 Å². The van der Waals surface area contributed by atoms with Gasteiger partial charge in [-0.2, -0.15) is 5.10 Å². The van der Waals surface area contributed by atoms with Crippen molar-refractivity contribution in [1.82, 2.24) is 19.7 Å². The average Bonchev–Trinajstić information content (AvgIpc) is 3.01. The smallest absolute Gasteiger partial charge is 0.147 e. The van der Waals surface area contributed by atoms with Crippen molar-refractivity contribution in [1.29, 1.82) is 0 Å². The topological polar surface area (TPSA) is 57.4 Å². The monoisotopic (exact) mass is 355 g/mol. The summed E-state index contributed by atoms with van der Waals surface area (Å²) in [6.07, 6.45) is 4.76. The molecule has 3 rings (SSSR count). The Morgan fingerprint density at radius 1 is 1.17 bits per heavy atom. The summed E-state index contributed by atoms with van der Waals surface area (Å²) in [5.74, 6) is 0.771. The maximum Gasteiger partial charge on any atom is 0.147 e. The summed E-state index contributed by atoms with van der Waals surface area (Å²) in [4.78, 5) is 8.71. The maximum atomic E-state index is 10.2. The average molecular weight is 356 g/mol. The third kappa shape index (κ3) is 4.35. The van der Waals surface area contributed by atoms with E-state index in [-0.39, 0.29) is 0 Å². The van der Waals surface area contributed by atoms with Crippen LogP contribution in [0.1, 0.15) is 0 Å². The first-order chi connectivity index (χ1) is 11.1. The first-order valence-electron chi connectivity index (χ1n) is 7.55. The number of hydrogen-bond donors (Lipinski definition) is 1. The van der Waals surface area contributed by atoms with Gasteiger partial charge in [-0.3, -0.25) is 9.58 Å². The molecule has 0 radical (unpaired) electrons. The van der Waals surface area contributed by atoms with Crippen LogP contribution in [0.4, 0.5) is 5.82 Å². The van der Waals surface area contributed by atoms with Gasteiger partial charge in [-0.15, -0.1) is 0 Å². The molecule has 0 aromatic carbocycles. The van der Waals surface area contributed by atoms with Crippen LogP contribution < -0.4 is 4.90 Å². The molecule has 1 saturated heterocycles. The van der Waals surface area contributed by atoms with Gasteiger partial charge in [0, 0.05) is 51.3 Å². The molecule has 0 bridgehead atoms. The molecule has 124 valence electrons. The summed E-state index contributed by atoms with van der Waals surface area (Å²) in [6.45, 7) is 4.51. The van der Waals surface area contributed by atoms with Crippen molar-refractivity contribution in [3.63, 3.8) is 0 Å². The molecule has 23 heavy (non-hydrogen) atoms. The second kappa shape index (κ2) is 7.49. The maximum absolute atomic E-state index is 10.2. The van der Waals surface area contributed by atoms with Crippen molar-refractivity contribution < 1.29 is 5.11 Å². The quantitative estimate of drug-likeness (QED) is 0.885. The van der Waals surface area contributed by atoms with Crippen LogP contribution in [0.5, 0.6) is 0 Å². The molecular formula is C15H19Cl2N5O. The van der Waals surface area contributed by atoms with Gasteiger partial charge < -0.3 is 10.0 Å². The standard InChI is InChI=1S/C15H19Cl2N5O/c16-12-8-14(17)15(18-9-12)21-6-4-20(5-7-21)10-13(23)11-22-3-1-2-19-22/h1-3,8-9,13,23H,4-7,10-11H2/t13-/m0/s1. The largest absolute Gasteiger partial charge is 0.390 e. The fourth-order valence-corrected chi connectivity index (χ4v) is 3.26. The minimum absolute atomic E-state index is 0.432. The summed E-state index contributed by atoms with van der Waals surface area (Å²) >= 11 is 12.1. The van der Waals surface area contributed by atoms with Gasteiger partial charge in [0.1, 0.15) is 5.82 Å². The number of aromatic nitrogens is 3. The van der Waals surface area contributed by atoms with Gasteiger partial charge in [-0.25, -0.2) is 4.98 Å². The van der Waals surface area contributed by atoms with E-state index in [1.807, 2.05) is 12.3 Å². The molecule has 2 aromatic rings. The summed E-state index contributed by atoms with van der Waals surface area (Å²) in [7, 11) is 0. The molecule has 0 amide bonds. The Hall–Kier alpha value is -1.34. The molecule has 1 atom stereocenters. The van der Waals surface area contributed by atoms with E-state index in [2.05, 4.69) is 19.9 Å². The van der Waals surface area contributed by atoms with Crippen LogP contribution in [0.25, 0.3) is 0 Å². The molecule has 0 aliphatic carbocycles. The highest BCUT2D eigenvalue weighted by molar-refractivity contribution is 6.36. The minimum atomic E-state index is -0.432. The molecular weight excluding hydrogens is 337 g/mol. The lowest BCUT2D eigenvalue weighted by Crippen LogP contribution is -2.49. The van der Waals surface area contributed by atoms with Gasteiger partial charge in [0.05, 0.1) is 22.7 Å². The predicted octanol–water partition coefficient (Wildman–Crippen LogP) is 1.77. The van der Waals surface area contributed by atoms with E-state index in [1.54, 1.807) is 23.1 Å².